The second-order valence-electron chi connectivity index (χ2n) is 10.1. The summed E-state index contributed by atoms with van der Waals surface area (Å²) in [5, 5.41) is 11.0. The van der Waals surface area contributed by atoms with E-state index in [-0.39, 0.29) is 30.3 Å². The second-order valence-corrected chi connectivity index (χ2v) is 10.1. The van der Waals surface area contributed by atoms with Gasteiger partial charge in [-0.25, -0.2) is 9.97 Å². The highest BCUT2D eigenvalue weighted by Crippen LogP contribution is 2.48. The molecule has 196 valence electrons. The number of H-pyrrole nitrogens is 1. The number of hydrogen-bond donors (Lipinski definition) is 1. The van der Waals surface area contributed by atoms with Crippen molar-refractivity contribution in [2.45, 2.75) is 82.5 Å². The number of aromatic amines is 1. The fraction of sp³-hybridized carbons (Fsp3) is 0.667. The predicted octanol–water partition coefficient (Wildman–Crippen LogP) is 5.05. The third kappa shape index (κ3) is 5.84. The van der Waals surface area contributed by atoms with Crippen molar-refractivity contribution in [3.63, 3.8) is 0 Å². The van der Waals surface area contributed by atoms with Crippen molar-refractivity contribution in [1.29, 1.82) is 0 Å². The molecule has 0 radical (unpaired) electrons. The molecule has 1 N–H and O–H groups in total. The Morgan fingerprint density at radius 2 is 1.83 bits per heavy atom. The third-order valence-electron chi connectivity index (χ3n) is 7.61. The molecule has 12 heteroatoms. The van der Waals surface area contributed by atoms with Crippen LogP contribution >= 0.6 is 0 Å². The number of nitrogens with zero attached hydrogens (tertiary/aromatic N) is 6. The van der Waals surface area contributed by atoms with Gasteiger partial charge < -0.3 is 4.90 Å². The van der Waals surface area contributed by atoms with Gasteiger partial charge >= 0.3 is 6.18 Å². The summed E-state index contributed by atoms with van der Waals surface area (Å²) in [6, 6.07) is 3.55. The standard InChI is InChI=1S/C16H19N5O.C8H13F3N2O/c1-11-8-12(18-10-17-11)13-9-14(20-19-13)15(22)21-7-3-2-4-16(21)5-6-16;1-13(12-14)7-4-2-6(3-5-7)8(9,10)11/h8-10H,2-7H2,1H3,(H,19,20);6-7H,2-5H2,1H3. The number of rotatable bonds is 4. The summed E-state index contributed by atoms with van der Waals surface area (Å²) in [4.78, 5) is 33.3. The average Bonchev–Trinajstić information content (AvgIpc) is 3.44. The summed E-state index contributed by atoms with van der Waals surface area (Å²) >= 11 is 0. The predicted molar refractivity (Wildman–Crippen MR) is 127 cm³/mol. The molecule has 5 rings (SSSR count). The van der Waals surface area contributed by atoms with Gasteiger partial charge in [0, 0.05) is 30.9 Å². The van der Waals surface area contributed by atoms with E-state index in [4.69, 9.17) is 0 Å². The number of aryl methyl sites for hydroxylation is 1. The normalized spacial score (nSPS) is 23.0. The number of nitrogens with one attached hydrogen (secondary N) is 1. The van der Waals surface area contributed by atoms with Crippen molar-refractivity contribution in [2.24, 2.45) is 11.2 Å². The van der Waals surface area contributed by atoms with E-state index in [1.807, 2.05) is 13.0 Å². The molecular formula is C24H32F3N7O2. The smallest absolute Gasteiger partial charge is 0.332 e. The number of alkyl halides is 3. The zero-order chi connectivity index (χ0) is 25.9. The van der Waals surface area contributed by atoms with Crippen LogP contribution in [0.1, 0.15) is 74.0 Å². The Kier molecular flexibility index (Phi) is 7.60. The molecule has 2 aromatic rings. The van der Waals surface area contributed by atoms with Gasteiger partial charge in [0.2, 0.25) is 0 Å². The SMILES string of the molecule is CN(N=O)C1CCC(C(F)(F)F)CC1.Cc1cc(-c2cc(C(=O)N3CCCCC34CC4)[nH]n2)ncn1. The van der Waals surface area contributed by atoms with Gasteiger partial charge in [0.1, 0.15) is 17.7 Å². The molecule has 3 heterocycles. The lowest BCUT2D eigenvalue weighted by Gasteiger charge is -2.35. The Bertz CT molecular complexity index is 1060. The van der Waals surface area contributed by atoms with Gasteiger partial charge in [-0.2, -0.15) is 18.3 Å². The van der Waals surface area contributed by atoms with E-state index in [9.17, 15) is 22.9 Å². The first-order chi connectivity index (χ1) is 17.1. The van der Waals surface area contributed by atoms with E-state index >= 15 is 0 Å². The first-order valence-corrected chi connectivity index (χ1v) is 12.4. The van der Waals surface area contributed by atoms with Crippen molar-refractivity contribution in [3.8, 4) is 11.4 Å². The maximum absolute atomic E-state index is 12.8. The Balaban J connectivity index is 0.000000189. The summed E-state index contributed by atoms with van der Waals surface area (Å²) in [5.74, 6) is -1.12. The number of carbonyl (C=O) groups is 1. The van der Waals surface area contributed by atoms with E-state index in [1.54, 1.807) is 6.07 Å². The fourth-order valence-electron chi connectivity index (χ4n) is 5.22. The first-order valence-electron chi connectivity index (χ1n) is 12.4. The molecule has 2 saturated carbocycles. The van der Waals surface area contributed by atoms with Crippen LogP contribution in [-0.2, 0) is 0 Å². The molecule has 2 aromatic heterocycles. The zero-order valence-electron chi connectivity index (χ0n) is 20.6. The lowest BCUT2D eigenvalue weighted by molar-refractivity contribution is -0.184. The van der Waals surface area contributed by atoms with Gasteiger partial charge in [-0.15, -0.1) is 4.91 Å². The largest absolute Gasteiger partial charge is 0.391 e. The average molecular weight is 508 g/mol. The van der Waals surface area contributed by atoms with Crippen LogP contribution in [0, 0.1) is 17.7 Å². The molecule has 9 nitrogen and oxygen atoms in total. The molecule has 0 bridgehead atoms. The minimum absolute atomic E-state index is 0.0710. The highest BCUT2D eigenvalue weighted by Gasteiger charge is 2.51. The lowest BCUT2D eigenvalue weighted by atomic mass is 9.85. The highest BCUT2D eigenvalue weighted by molar-refractivity contribution is 5.94. The minimum Gasteiger partial charge on any atom is -0.332 e. The Hall–Kier alpha value is -3.05. The van der Waals surface area contributed by atoms with E-state index in [1.165, 1.54) is 24.8 Å². The highest BCUT2D eigenvalue weighted by atomic mass is 19.4. The number of aromatic nitrogens is 4. The number of likely N-dealkylation sites (tertiary alicyclic amines) is 1. The molecule has 0 aromatic carbocycles. The maximum atomic E-state index is 12.8. The Labute approximate surface area is 207 Å². The number of halogens is 3. The summed E-state index contributed by atoms with van der Waals surface area (Å²) in [6.07, 6.45) is 4.20. The number of amides is 1. The van der Waals surface area contributed by atoms with E-state index in [0.29, 0.717) is 24.2 Å². The maximum Gasteiger partial charge on any atom is 0.391 e. The van der Waals surface area contributed by atoms with Crippen LogP contribution in [0.15, 0.2) is 23.7 Å². The molecule has 3 fully saturated rings. The van der Waals surface area contributed by atoms with E-state index < -0.39 is 12.1 Å². The molecule has 1 aliphatic heterocycles. The first kappa shape index (κ1) is 26.0. The van der Waals surface area contributed by atoms with Crippen LogP contribution in [0.25, 0.3) is 11.4 Å². The molecule has 3 aliphatic rings. The number of nitroso groups, excluding NO2 is 1. The quantitative estimate of drug-likeness (QED) is 0.458. The summed E-state index contributed by atoms with van der Waals surface area (Å²) < 4.78 is 36.8. The van der Waals surface area contributed by atoms with Gasteiger partial charge in [-0.3, -0.25) is 14.9 Å². The van der Waals surface area contributed by atoms with E-state index in [0.717, 1.165) is 43.6 Å². The van der Waals surface area contributed by atoms with Gasteiger partial charge in [0.25, 0.3) is 5.91 Å². The monoisotopic (exact) mass is 507 g/mol. The minimum atomic E-state index is -4.09. The molecule has 0 unspecified atom stereocenters. The number of carbonyl (C=O) groups excluding carboxylic acids is 1. The van der Waals surface area contributed by atoms with Crippen LogP contribution < -0.4 is 0 Å². The molecule has 36 heavy (non-hydrogen) atoms. The molecule has 0 atom stereocenters. The Morgan fingerprint density at radius 1 is 1.11 bits per heavy atom. The lowest BCUT2D eigenvalue weighted by Crippen LogP contribution is -2.45. The number of hydrogen-bond acceptors (Lipinski definition) is 6. The van der Waals surface area contributed by atoms with Gasteiger partial charge in [0.05, 0.1) is 16.9 Å². The van der Waals surface area contributed by atoms with Gasteiger partial charge in [-0.05, 0) is 76.8 Å². The van der Waals surface area contributed by atoms with Crippen LogP contribution in [0.3, 0.4) is 0 Å². The third-order valence-corrected chi connectivity index (χ3v) is 7.61. The second kappa shape index (κ2) is 10.5. The van der Waals surface area contributed by atoms with Crippen LogP contribution in [0.2, 0.25) is 0 Å². The number of piperidine rings is 1. The fourth-order valence-corrected chi connectivity index (χ4v) is 5.22. The summed E-state index contributed by atoms with van der Waals surface area (Å²) in [6.45, 7) is 2.77. The molecule has 2 aliphatic carbocycles. The molecule has 1 spiro atoms. The van der Waals surface area contributed by atoms with Crippen LogP contribution in [0.4, 0.5) is 13.2 Å². The van der Waals surface area contributed by atoms with Crippen molar-refractivity contribution in [2.75, 3.05) is 13.6 Å². The van der Waals surface area contributed by atoms with Crippen molar-refractivity contribution in [1.82, 2.24) is 30.1 Å². The molecule has 1 saturated heterocycles. The van der Waals surface area contributed by atoms with Crippen molar-refractivity contribution < 1.29 is 18.0 Å². The Morgan fingerprint density at radius 3 is 2.44 bits per heavy atom. The summed E-state index contributed by atoms with van der Waals surface area (Å²) in [5.41, 5.74) is 3.01. The topological polar surface area (TPSA) is 107 Å². The van der Waals surface area contributed by atoms with Crippen LogP contribution in [0.5, 0.6) is 0 Å². The van der Waals surface area contributed by atoms with Gasteiger partial charge in [0.15, 0.2) is 0 Å². The van der Waals surface area contributed by atoms with Gasteiger partial charge in [-0.1, -0.05) is 0 Å². The van der Waals surface area contributed by atoms with Crippen molar-refractivity contribution >= 4 is 5.91 Å². The summed E-state index contributed by atoms with van der Waals surface area (Å²) in [7, 11) is 1.51. The molecule has 1 amide bonds. The van der Waals surface area contributed by atoms with Crippen LogP contribution in [-0.4, -0.2) is 67.3 Å². The zero-order valence-corrected chi connectivity index (χ0v) is 20.6. The molecular weight excluding hydrogens is 475 g/mol. The van der Waals surface area contributed by atoms with E-state index in [2.05, 4.69) is 30.4 Å². The van der Waals surface area contributed by atoms with Crippen molar-refractivity contribution in [3.05, 3.63) is 34.8 Å².